The average Bonchev–Trinajstić information content (AvgIpc) is 2.12. The molecule has 2 nitrogen and oxygen atoms in total. The van der Waals surface area contributed by atoms with E-state index in [1.807, 2.05) is 31.2 Å². The van der Waals surface area contributed by atoms with Crippen LogP contribution in [0.4, 0.5) is 0 Å². The van der Waals surface area contributed by atoms with E-state index in [1.54, 1.807) is 0 Å². The van der Waals surface area contributed by atoms with Gasteiger partial charge in [0.1, 0.15) is 0 Å². The molecule has 0 saturated heterocycles. The largest absolute Gasteiger partial charge is 0.349 e. The first-order valence-corrected chi connectivity index (χ1v) is 5.14. The minimum Gasteiger partial charge on any atom is -0.349 e. The van der Waals surface area contributed by atoms with Crippen LogP contribution in [0.25, 0.3) is 0 Å². The Hall–Kier alpha value is -1.31. The highest BCUT2D eigenvalue weighted by molar-refractivity contribution is 5.95. The predicted molar refractivity (Wildman–Crippen MR) is 56.3 cm³/mol. The van der Waals surface area contributed by atoms with Gasteiger partial charge in [-0.3, -0.25) is 4.79 Å². The van der Waals surface area contributed by atoms with Crippen LogP contribution >= 0.6 is 0 Å². The number of carbonyl (C=O) groups excluding carboxylic acids is 1. The van der Waals surface area contributed by atoms with E-state index in [0.717, 1.165) is 24.0 Å². The van der Waals surface area contributed by atoms with Crippen molar-refractivity contribution in [3.05, 3.63) is 35.4 Å². The van der Waals surface area contributed by atoms with E-state index >= 15 is 0 Å². The second-order valence-corrected chi connectivity index (χ2v) is 3.92. The molecule has 0 aromatic heterocycles. The molecule has 1 saturated carbocycles. The van der Waals surface area contributed by atoms with Crippen LogP contribution in [0.2, 0.25) is 0 Å². The first-order valence-electron chi connectivity index (χ1n) is 5.14. The fraction of sp³-hybridized carbons (Fsp3) is 0.417. The van der Waals surface area contributed by atoms with Gasteiger partial charge in [0, 0.05) is 11.6 Å². The van der Waals surface area contributed by atoms with Crippen molar-refractivity contribution in [2.24, 2.45) is 0 Å². The molecule has 14 heavy (non-hydrogen) atoms. The van der Waals surface area contributed by atoms with Gasteiger partial charge < -0.3 is 5.32 Å². The second kappa shape index (κ2) is 3.82. The van der Waals surface area contributed by atoms with E-state index in [9.17, 15) is 4.79 Å². The highest BCUT2D eigenvalue weighted by Gasteiger charge is 2.20. The molecule has 0 radical (unpaired) electrons. The van der Waals surface area contributed by atoms with Gasteiger partial charge in [-0.2, -0.15) is 0 Å². The van der Waals surface area contributed by atoms with Gasteiger partial charge in [0.15, 0.2) is 0 Å². The molecule has 1 amide bonds. The lowest BCUT2D eigenvalue weighted by Crippen LogP contribution is -2.39. The molecule has 1 N–H and O–H groups in total. The van der Waals surface area contributed by atoms with Crippen LogP contribution in [0.5, 0.6) is 0 Å². The van der Waals surface area contributed by atoms with Crippen molar-refractivity contribution in [2.45, 2.75) is 32.2 Å². The van der Waals surface area contributed by atoms with E-state index in [0.29, 0.717) is 6.04 Å². The fourth-order valence-electron chi connectivity index (χ4n) is 1.64. The van der Waals surface area contributed by atoms with Crippen LogP contribution < -0.4 is 5.32 Å². The van der Waals surface area contributed by atoms with Gasteiger partial charge in [-0.25, -0.2) is 0 Å². The van der Waals surface area contributed by atoms with Gasteiger partial charge in [0.25, 0.3) is 5.91 Å². The third-order valence-electron chi connectivity index (χ3n) is 2.83. The van der Waals surface area contributed by atoms with Crippen LogP contribution in [0, 0.1) is 6.92 Å². The molecule has 0 heterocycles. The Morgan fingerprint density at radius 1 is 1.36 bits per heavy atom. The summed E-state index contributed by atoms with van der Waals surface area (Å²) < 4.78 is 0. The lowest BCUT2D eigenvalue weighted by molar-refractivity contribution is 0.0916. The number of carbonyl (C=O) groups is 1. The first kappa shape index (κ1) is 9.25. The fourth-order valence-corrected chi connectivity index (χ4v) is 1.64. The number of rotatable bonds is 2. The lowest BCUT2D eigenvalue weighted by Gasteiger charge is -2.26. The number of benzene rings is 1. The number of nitrogens with one attached hydrogen (secondary N) is 1. The summed E-state index contributed by atoms with van der Waals surface area (Å²) in [5.41, 5.74) is 1.85. The minimum absolute atomic E-state index is 0.0767. The lowest BCUT2D eigenvalue weighted by atomic mass is 9.93. The smallest absolute Gasteiger partial charge is 0.251 e. The van der Waals surface area contributed by atoms with Crippen molar-refractivity contribution in [2.75, 3.05) is 0 Å². The SMILES string of the molecule is Cc1ccccc1C(=O)NC1CCC1. The molecular formula is C12H15NO. The van der Waals surface area contributed by atoms with Crippen LogP contribution in [0.3, 0.4) is 0 Å². The van der Waals surface area contributed by atoms with E-state index in [1.165, 1.54) is 6.42 Å². The Kier molecular flexibility index (Phi) is 2.53. The monoisotopic (exact) mass is 189 g/mol. The predicted octanol–water partition coefficient (Wildman–Crippen LogP) is 2.28. The molecule has 0 spiro atoms. The maximum absolute atomic E-state index is 11.8. The van der Waals surface area contributed by atoms with Crippen LogP contribution in [-0.2, 0) is 0 Å². The summed E-state index contributed by atoms with van der Waals surface area (Å²) in [6.45, 7) is 1.97. The zero-order valence-corrected chi connectivity index (χ0v) is 8.42. The maximum Gasteiger partial charge on any atom is 0.251 e. The first-order chi connectivity index (χ1) is 6.77. The van der Waals surface area contributed by atoms with Crippen molar-refractivity contribution in [1.29, 1.82) is 0 Å². The second-order valence-electron chi connectivity index (χ2n) is 3.92. The van der Waals surface area contributed by atoms with Crippen molar-refractivity contribution < 1.29 is 4.79 Å². The summed E-state index contributed by atoms with van der Waals surface area (Å²) in [5, 5.41) is 3.03. The van der Waals surface area contributed by atoms with Gasteiger partial charge in [0.2, 0.25) is 0 Å². The molecular weight excluding hydrogens is 174 g/mol. The van der Waals surface area contributed by atoms with Crippen molar-refractivity contribution in [3.63, 3.8) is 0 Å². The summed E-state index contributed by atoms with van der Waals surface area (Å²) in [4.78, 5) is 11.8. The van der Waals surface area contributed by atoms with Gasteiger partial charge in [-0.1, -0.05) is 18.2 Å². The van der Waals surface area contributed by atoms with Crippen LogP contribution in [0.15, 0.2) is 24.3 Å². The average molecular weight is 189 g/mol. The molecule has 1 aromatic rings. The van der Waals surface area contributed by atoms with Crippen molar-refractivity contribution in [1.82, 2.24) is 5.32 Å². The molecule has 2 rings (SSSR count). The molecule has 1 aliphatic carbocycles. The Morgan fingerprint density at radius 2 is 2.07 bits per heavy atom. The highest BCUT2D eigenvalue weighted by Crippen LogP contribution is 2.19. The number of hydrogen-bond donors (Lipinski definition) is 1. The van der Waals surface area contributed by atoms with E-state index in [4.69, 9.17) is 0 Å². The minimum atomic E-state index is 0.0767. The highest BCUT2D eigenvalue weighted by atomic mass is 16.1. The van der Waals surface area contributed by atoms with E-state index in [2.05, 4.69) is 5.32 Å². The summed E-state index contributed by atoms with van der Waals surface area (Å²) in [5.74, 6) is 0.0767. The topological polar surface area (TPSA) is 29.1 Å². The van der Waals surface area contributed by atoms with Gasteiger partial charge >= 0.3 is 0 Å². The van der Waals surface area contributed by atoms with Crippen molar-refractivity contribution in [3.8, 4) is 0 Å². The Labute approximate surface area is 84.3 Å². The van der Waals surface area contributed by atoms with E-state index < -0.39 is 0 Å². The molecule has 2 heteroatoms. The summed E-state index contributed by atoms with van der Waals surface area (Å²) in [6, 6.07) is 8.12. The summed E-state index contributed by atoms with van der Waals surface area (Å²) in [6.07, 6.45) is 3.52. The molecule has 1 fully saturated rings. The summed E-state index contributed by atoms with van der Waals surface area (Å²) in [7, 11) is 0. The normalized spacial score (nSPS) is 16.1. The molecule has 74 valence electrons. The molecule has 0 atom stereocenters. The zero-order valence-electron chi connectivity index (χ0n) is 8.42. The quantitative estimate of drug-likeness (QED) is 0.759. The van der Waals surface area contributed by atoms with Gasteiger partial charge in [-0.05, 0) is 37.8 Å². The zero-order chi connectivity index (χ0) is 9.97. The van der Waals surface area contributed by atoms with Gasteiger partial charge in [0.05, 0.1) is 0 Å². The number of aryl methyl sites for hydroxylation is 1. The maximum atomic E-state index is 11.8. The standard InChI is InChI=1S/C12H15NO/c1-9-5-2-3-8-11(9)12(14)13-10-6-4-7-10/h2-3,5,8,10H,4,6-7H2,1H3,(H,13,14). The Balaban J connectivity index is 2.06. The number of amides is 1. The Morgan fingerprint density at radius 3 is 2.64 bits per heavy atom. The Bertz CT molecular complexity index is 342. The molecule has 0 unspecified atom stereocenters. The van der Waals surface area contributed by atoms with E-state index in [-0.39, 0.29) is 5.91 Å². The summed E-state index contributed by atoms with van der Waals surface area (Å²) >= 11 is 0. The molecule has 0 bridgehead atoms. The third-order valence-corrected chi connectivity index (χ3v) is 2.83. The molecule has 0 aliphatic heterocycles. The number of hydrogen-bond acceptors (Lipinski definition) is 1. The third kappa shape index (κ3) is 1.79. The van der Waals surface area contributed by atoms with Crippen LogP contribution in [-0.4, -0.2) is 11.9 Å². The van der Waals surface area contributed by atoms with Crippen molar-refractivity contribution >= 4 is 5.91 Å². The molecule has 1 aliphatic rings. The van der Waals surface area contributed by atoms with Gasteiger partial charge in [-0.15, -0.1) is 0 Å². The molecule has 1 aromatic carbocycles. The van der Waals surface area contributed by atoms with Crippen LogP contribution in [0.1, 0.15) is 35.2 Å².